The number of nitrogens with zero attached hydrogens (tertiary/aromatic N) is 3. The van der Waals surface area contributed by atoms with Crippen molar-refractivity contribution in [2.45, 2.75) is 24.6 Å². The third-order valence-electron chi connectivity index (χ3n) is 5.41. The lowest BCUT2D eigenvalue weighted by molar-refractivity contribution is -0.115. The number of unbranched alkanes of at least 4 members (excludes halogenated alkanes) is 1. The number of carbonyl (C=O) groups is 2. The summed E-state index contributed by atoms with van der Waals surface area (Å²) in [6.45, 7) is 0.434. The molecule has 4 rings (SSSR count). The molecule has 10 heteroatoms. The van der Waals surface area contributed by atoms with Crippen LogP contribution in [0.5, 0.6) is 0 Å². The molecule has 3 aromatic rings. The van der Waals surface area contributed by atoms with Crippen molar-refractivity contribution in [3.05, 3.63) is 89.6 Å². The number of pyridine rings is 2. The minimum Gasteiger partial charge on any atom is -0.351 e. The first-order valence-corrected chi connectivity index (χ1v) is 12.5. The number of aryl methyl sites for hydroxylation is 1. The Balaban J connectivity index is 1.46. The van der Waals surface area contributed by atoms with Gasteiger partial charge in [-0.15, -0.1) is 0 Å². The summed E-state index contributed by atoms with van der Waals surface area (Å²) in [5.74, 6) is -3.29. The molecule has 0 aliphatic carbocycles. The molecule has 3 heterocycles. The minimum atomic E-state index is -4.02. The number of carbonyl (C=O) groups excluding carboxylic acids is 2. The maximum Gasteiger partial charge on any atom is 0.269 e. The van der Waals surface area contributed by atoms with Gasteiger partial charge >= 0.3 is 0 Å². The van der Waals surface area contributed by atoms with E-state index in [0.29, 0.717) is 6.54 Å². The zero-order valence-corrected chi connectivity index (χ0v) is 19.0. The second-order valence-electron chi connectivity index (χ2n) is 7.88. The van der Waals surface area contributed by atoms with E-state index in [2.05, 4.69) is 27.4 Å². The average Bonchev–Trinajstić information content (AvgIpc) is 3.07. The number of sulfone groups is 1. The van der Waals surface area contributed by atoms with E-state index in [1.54, 1.807) is 0 Å². The Hall–Kier alpha value is -3.66. The van der Waals surface area contributed by atoms with Crippen molar-refractivity contribution < 1.29 is 22.4 Å². The molecule has 1 aliphatic heterocycles. The second-order valence-corrected chi connectivity index (χ2v) is 9.94. The van der Waals surface area contributed by atoms with Gasteiger partial charge in [0.15, 0.2) is 26.8 Å². The second kappa shape index (κ2) is 10.1. The molecule has 176 valence electrons. The van der Waals surface area contributed by atoms with Crippen molar-refractivity contribution in [3.63, 3.8) is 0 Å². The van der Waals surface area contributed by atoms with Crippen LogP contribution in [0.3, 0.4) is 0 Å². The normalized spacial score (nSPS) is 17.0. The maximum atomic E-state index is 14.3. The van der Waals surface area contributed by atoms with E-state index >= 15 is 0 Å². The highest BCUT2D eigenvalue weighted by atomic mass is 32.2. The lowest BCUT2D eigenvalue weighted by Gasteiger charge is -2.22. The average molecular weight is 483 g/mol. The highest BCUT2D eigenvalue weighted by Gasteiger charge is 2.48. The quantitative estimate of drug-likeness (QED) is 0.495. The summed E-state index contributed by atoms with van der Waals surface area (Å²) in [6.07, 6.45) is 3.82. The highest BCUT2D eigenvalue weighted by Crippen LogP contribution is 2.36. The molecule has 2 aromatic heterocycles. The fraction of sp³-hybridized carbons (Fsp3) is 0.250. The Morgan fingerprint density at radius 1 is 1.06 bits per heavy atom. The lowest BCUT2D eigenvalue weighted by atomic mass is 10.1. The van der Waals surface area contributed by atoms with Gasteiger partial charge in [-0.3, -0.25) is 14.5 Å². The predicted octanol–water partition coefficient (Wildman–Crippen LogP) is 2.83. The van der Waals surface area contributed by atoms with Crippen LogP contribution in [0.25, 0.3) is 0 Å². The SMILES string of the molecule is O=C(NCCCCc1ccccc1)c1cccc(C2N(c3ncccc3F)C(=O)CS2(=O)=O)n1. The van der Waals surface area contributed by atoms with Crippen LogP contribution in [-0.4, -0.2) is 42.5 Å². The van der Waals surface area contributed by atoms with Crippen LogP contribution >= 0.6 is 0 Å². The van der Waals surface area contributed by atoms with Gasteiger partial charge < -0.3 is 5.32 Å². The van der Waals surface area contributed by atoms with E-state index in [9.17, 15) is 22.4 Å². The summed E-state index contributed by atoms with van der Waals surface area (Å²) < 4.78 is 39.9. The molecule has 1 N–H and O–H groups in total. The van der Waals surface area contributed by atoms with Gasteiger partial charge in [-0.05, 0) is 49.1 Å². The fourth-order valence-electron chi connectivity index (χ4n) is 3.82. The van der Waals surface area contributed by atoms with Gasteiger partial charge in [0.25, 0.3) is 5.91 Å². The molecule has 1 saturated heterocycles. The third kappa shape index (κ3) is 5.12. The van der Waals surface area contributed by atoms with E-state index in [4.69, 9.17) is 0 Å². The number of nitrogens with one attached hydrogen (secondary N) is 1. The third-order valence-corrected chi connectivity index (χ3v) is 7.19. The lowest BCUT2D eigenvalue weighted by Crippen LogP contribution is -2.32. The van der Waals surface area contributed by atoms with E-state index in [0.717, 1.165) is 30.2 Å². The van der Waals surface area contributed by atoms with Crippen LogP contribution in [0.1, 0.15) is 40.0 Å². The molecule has 1 atom stereocenters. The number of halogens is 1. The Labute approximate surface area is 196 Å². The van der Waals surface area contributed by atoms with E-state index in [1.165, 1.54) is 36.0 Å². The molecule has 8 nitrogen and oxygen atoms in total. The first-order chi connectivity index (χ1) is 16.4. The van der Waals surface area contributed by atoms with Gasteiger partial charge in [0.2, 0.25) is 5.91 Å². The number of benzene rings is 1. The summed E-state index contributed by atoms with van der Waals surface area (Å²) >= 11 is 0. The molecule has 1 unspecified atom stereocenters. The molecule has 1 aromatic carbocycles. The van der Waals surface area contributed by atoms with Gasteiger partial charge in [-0.1, -0.05) is 36.4 Å². The summed E-state index contributed by atoms with van der Waals surface area (Å²) in [7, 11) is -4.02. The van der Waals surface area contributed by atoms with Crippen molar-refractivity contribution in [2.24, 2.45) is 0 Å². The first-order valence-electron chi connectivity index (χ1n) is 10.8. The molecule has 1 aliphatic rings. The Bertz CT molecular complexity index is 1300. The van der Waals surface area contributed by atoms with Crippen LogP contribution < -0.4 is 10.2 Å². The number of hydrogen-bond acceptors (Lipinski definition) is 6. The van der Waals surface area contributed by atoms with E-state index in [-0.39, 0.29) is 11.4 Å². The standard InChI is InChI=1S/C24H23FN4O4S/c25-18-11-7-15-26-22(18)29-21(30)16-34(32,33)24(29)20-13-6-12-19(28-20)23(31)27-14-5-4-10-17-8-2-1-3-9-17/h1-3,6-9,11-13,15,24H,4-5,10,14,16H2,(H,27,31). The zero-order chi connectivity index (χ0) is 24.1. The van der Waals surface area contributed by atoms with Gasteiger partial charge in [0.05, 0.1) is 5.69 Å². The van der Waals surface area contributed by atoms with Crippen LogP contribution in [0.2, 0.25) is 0 Å². The van der Waals surface area contributed by atoms with Crippen LogP contribution in [0.4, 0.5) is 10.2 Å². The van der Waals surface area contributed by atoms with Crippen molar-refractivity contribution in [3.8, 4) is 0 Å². The largest absolute Gasteiger partial charge is 0.351 e. The number of anilines is 1. The van der Waals surface area contributed by atoms with Gasteiger partial charge in [-0.25, -0.2) is 22.8 Å². The molecule has 2 amide bonds. The Morgan fingerprint density at radius 2 is 1.85 bits per heavy atom. The smallest absolute Gasteiger partial charge is 0.269 e. The fourth-order valence-corrected chi connectivity index (χ4v) is 5.50. The van der Waals surface area contributed by atoms with Crippen molar-refractivity contribution in [1.82, 2.24) is 15.3 Å². The summed E-state index contributed by atoms with van der Waals surface area (Å²) in [5.41, 5.74) is 1.19. The molecular formula is C24H23FN4O4S. The minimum absolute atomic E-state index is 0.0107. The summed E-state index contributed by atoms with van der Waals surface area (Å²) in [6, 6.07) is 16.8. The van der Waals surface area contributed by atoms with Crippen LogP contribution in [0, 0.1) is 5.82 Å². The van der Waals surface area contributed by atoms with E-state index in [1.807, 2.05) is 18.2 Å². The molecule has 0 bridgehead atoms. The predicted molar refractivity (Wildman–Crippen MR) is 124 cm³/mol. The molecule has 0 spiro atoms. The summed E-state index contributed by atoms with van der Waals surface area (Å²) in [5, 5.41) is 1.21. The first kappa shape index (κ1) is 23.5. The molecule has 34 heavy (non-hydrogen) atoms. The number of aromatic nitrogens is 2. The Kier molecular flexibility index (Phi) is 6.97. The monoisotopic (exact) mass is 482 g/mol. The number of rotatable bonds is 8. The van der Waals surface area contributed by atoms with Gasteiger partial charge in [0.1, 0.15) is 11.4 Å². The molecule has 0 saturated carbocycles. The molecule has 0 radical (unpaired) electrons. The van der Waals surface area contributed by atoms with Crippen LogP contribution in [-0.2, 0) is 21.1 Å². The van der Waals surface area contributed by atoms with Crippen molar-refractivity contribution in [2.75, 3.05) is 17.2 Å². The highest BCUT2D eigenvalue weighted by molar-refractivity contribution is 7.93. The number of hydrogen-bond donors (Lipinski definition) is 1. The summed E-state index contributed by atoms with van der Waals surface area (Å²) in [4.78, 5) is 33.9. The Morgan fingerprint density at radius 3 is 2.62 bits per heavy atom. The van der Waals surface area contributed by atoms with Crippen LogP contribution in [0.15, 0.2) is 66.9 Å². The van der Waals surface area contributed by atoms with Crippen molar-refractivity contribution in [1.29, 1.82) is 0 Å². The van der Waals surface area contributed by atoms with Gasteiger partial charge in [0, 0.05) is 12.7 Å². The molecule has 1 fully saturated rings. The maximum absolute atomic E-state index is 14.3. The topological polar surface area (TPSA) is 109 Å². The van der Waals surface area contributed by atoms with Gasteiger partial charge in [-0.2, -0.15) is 0 Å². The van der Waals surface area contributed by atoms with E-state index < -0.39 is 44.4 Å². The number of amides is 2. The van der Waals surface area contributed by atoms with Crippen molar-refractivity contribution >= 4 is 27.5 Å². The molecular weight excluding hydrogens is 459 g/mol. The zero-order valence-electron chi connectivity index (χ0n) is 18.2.